The molecule has 2 aromatic rings. The van der Waals surface area contributed by atoms with Crippen molar-refractivity contribution in [1.29, 1.82) is 0 Å². The molecule has 1 aromatic carbocycles. The van der Waals surface area contributed by atoms with Crippen LogP contribution in [0.2, 0.25) is 0 Å². The standard InChI is InChI=1S/C17H19F2N3O/c1-11-7-16(21-12(2)20-11)17-10-22(5-6-23-17)9-13-3-4-14(18)15(19)8-13/h3-4,7-8,17H,5-6,9-10H2,1-2H3. The van der Waals surface area contributed by atoms with Crippen LogP contribution in [0.1, 0.15) is 28.9 Å². The number of hydrogen-bond acceptors (Lipinski definition) is 4. The quantitative estimate of drug-likeness (QED) is 0.872. The second-order valence-electron chi connectivity index (χ2n) is 5.82. The number of benzene rings is 1. The Morgan fingerprint density at radius 1 is 1.17 bits per heavy atom. The van der Waals surface area contributed by atoms with E-state index in [-0.39, 0.29) is 6.10 Å². The van der Waals surface area contributed by atoms with Gasteiger partial charge in [0.1, 0.15) is 11.9 Å². The number of nitrogens with zero attached hydrogens (tertiary/aromatic N) is 3. The van der Waals surface area contributed by atoms with Crippen LogP contribution < -0.4 is 0 Å². The summed E-state index contributed by atoms with van der Waals surface area (Å²) >= 11 is 0. The fourth-order valence-electron chi connectivity index (χ4n) is 2.83. The van der Waals surface area contributed by atoms with E-state index < -0.39 is 11.6 Å². The Balaban J connectivity index is 1.71. The molecule has 1 aliphatic heterocycles. The van der Waals surface area contributed by atoms with Gasteiger partial charge in [-0.25, -0.2) is 18.7 Å². The van der Waals surface area contributed by atoms with Gasteiger partial charge < -0.3 is 4.74 Å². The molecule has 1 aliphatic rings. The van der Waals surface area contributed by atoms with Gasteiger partial charge in [-0.15, -0.1) is 0 Å². The fourth-order valence-corrected chi connectivity index (χ4v) is 2.83. The summed E-state index contributed by atoms with van der Waals surface area (Å²) in [5.74, 6) is -0.906. The van der Waals surface area contributed by atoms with Gasteiger partial charge in [0.2, 0.25) is 0 Å². The SMILES string of the molecule is Cc1cc(C2CN(Cc3ccc(F)c(F)c3)CCO2)nc(C)n1. The number of aromatic nitrogens is 2. The molecule has 1 fully saturated rings. The molecule has 1 atom stereocenters. The predicted octanol–water partition coefficient (Wildman–Crippen LogP) is 2.95. The molecule has 1 aromatic heterocycles. The highest BCUT2D eigenvalue weighted by Gasteiger charge is 2.24. The number of aryl methyl sites for hydroxylation is 2. The van der Waals surface area contributed by atoms with Gasteiger partial charge in [0.05, 0.1) is 12.3 Å². The molecular formula is C17H19F2N3O. The van der Waals surface area contributed by atoms with Crippen molar-refractivity contribution >= 4 is 0 Å². The van der Waals surface area contributed by atoms with Crippen molar-refractivity contribution in [2.24, 2.45) is 0 Å². The maximum Gasteiger partial charge on any atom is 0.159 e. The zero-order valence-electron chi connectivity index (χ0n) is 13.2. The number of morpholine rings is 1. The first kappa shape index (κ1) is 16.0. The molecule has 0 aliphatic carbocycles. The summed E-state index contributed by atoms with van der Waals surface area (Å²) in [5.41, 5.74) is 2.53. The topological polar surface area (TPSA) is 38.2 Å². The Hall–Kier alpha value is -1.92. The molecule has 6 heteroatoms. The molecule has 122 valence electrons. The molecule has 0 amide bonds. The van der Waals surface area contributed by atoms with E-state index in [2.05, 4.69) is 14.9 Å². The Bertz CT molecular complexity index is 688. The lowest BCUT2D eigenvalue weighted by Gasteiger charge is -2.32. The summed E-state index contributed by atoms with van der Waals surface area (Å²) in [4.78, 5) is 10.9. The molecule has 1 saturated heterocycles. The van der Waals surface area contributed by atoms with Crippen LogP contribution in [0.15, 0.2) is 24.3 Å². The van der Waals surface area contributed by atoms with Crippen molar-refractivity contribution in [3.05, 3.63) is 58.7 Å². The van der Waals surface area contributed by atoms with Crippen LogP contribution in [0.25, 0.3) is 0 Å². The third-order valence-corrected chi connectivity index (χ3v) is 3.86. The molecule has 1 unspecified atom stereocenters. The first-order chi connectivity index (χ1) is 11.0. The Kier molecular flexibility index (Phi) is 4.63. The summed E-state index contributed by atoms with van der Waals surface area (Å²) < 4.78 is 32.2. The lowest BCUT2D eigenvalue weighted by atomic mass is 10.1. The maximum absolute atomic E-state index is 13.3. The first-order valence-electron chi connectivity index (χ1n) is 7.61. The lowest BCUT2D eigenvalue weighted by Crippen LogP contribution is -2.38. The summed E-state index contributed by atoms with van der Waals surface area (Å²) in [5, 5.41) is 0. The van der Waals surface area contributed by atoms with E-state index in [1.165, 1.54) is 12.1 Å². The molecule has 0 spiro atoms. The van der Waals surface area contributed by atoms with Crippen molar-refractivity contribution in [1.82, 2.24) is 14.9 Å². The summed E-state index contributed by atoms with van der Waals surface area (Å²) in [6, 6.07) is 5.96. The third-order valence-electron chi connectivity index (χ3n) is 3.86. The van der Waals surface area contributed by atoms with Gasteiger partial charge in [-0.3, -0.25) is 4.90 Å². The maximum atomic E-state index is 13.3. The summed E-state index contributed by atoms with van der Waals surface area (Å²) in [6.07, 6.45) is -0.130. The van der Waals surface area contributed by atoms with E-state index in [1.54, 1.807) is 6.07 Å². The highest BCUT2D eigenvalue weighted by Crippen LogP contribution is 2.22. The molecule has 23 heavy (non-hydrogen) atoms. The predicted molar refractivity (Wildman–Crippen MR) is 81.8 cm³/mol. The minimum atomic E-state index is -0.819. The Labute approximate surface area is 134 Å². The largest absolute Gasteiger partial charge is 0.369 e. The minimum absolute atomic E-state index is 0.130. The zero-order chi connectivity index (χ0) is 16.4. The van der Waals surface area contributed by atoms with E-state index in [4.69, 9.17) is 4.74 Å². The number of halogens is 2. The second kappa shape index (κ2) is 6.68. The van der Waals surface area contributed by atoms with Gasteiger partial charge in [0, 0.05) is 25.3 Å². The van der Waals surface area contributed by atoms with Crippen molar-refractivity contribution in [2.45, 2.75) is 26.5 Å². The van der Waals surface area contributed by atoms with Crippen LogP contribution in [-0.4, -0.2) is 34.6 Å². The summed E-state index contributed by atoms with van der Waals surface area (Å²) in [7, 11) is 0. The molecule has 2 heterocycles. The van der Waals surface area contributed by atoms with Crippen molar-refractivity contribution in [2.75, 3.05) is 19.7 Å². The van der Waals surface area contributed by atoms with Gasteiger partial charge in [-0.1, -0.05) is 6.07 Å². The number of ether oxygens (including phenoxy) is 1. The molecule has 0 bridgehead atoms. The molecular weight excluding hydrogens is 300 g/mol. The first-order valence-corrected chi connectivity index (χ1v) is 7.61. The van der Waals surface area contributed by atoms with E-state index in [9.17, 15) is 8.78 Å². The van der Waals surface area contributed by atoms with Crippen molar-refractivity contribution in [3.8, 4) is 0 Å². The van der Waals surface area contributed by atoms with E-state index >= 15 is 0 Å². The van der Waals surface area contributed by atoms with Crippen LogP contribution in [0, 0.1) is 25.5 Å². The van der Waals surface area contributed by atoms with Gasteiger partial charge in [-0.05, 0) is 37.6 Å². The molecule has 0 saturated carbocycles. The third kappa shape index (κ3) is 3.89. The molecule has 0 N–H and O–H groups in total. The van der Waals surface area contributed by atoms with Crippen molar-refractivity contribution in [3.63, 3.8) is 0 Å². The Morgan fingerprint density at radius 2 is 2.00 bits per heavy atom. The van der Waals surface area contributed by atoms with E-state index in [1.807, 2.05) is 19.9 Å². The van der Waals surface area contributed by atoms with Crippen molar-refractivity contribution < 1.29 is 13.5 Å². The monoisotopic (exact) mass is 319 g/mol. The second-order valence-corrected chi connectivity index (χ2v) is 5.82. The molecule has 3 rings (SSSR count). The van der Waals surface area contributed by atoms with Crippen LogP contribution in [0.4, 0.5) is 8.78 Å². The van der Waals surface area contributed by atoms with Gasteiger partial charge in [-0.2, -0.15) is 0 Å². The van der Waals surface area contributed by atoms with Gasteiger partial charge in [0.15, 0.2) is 11.6 Å². The van der Waals surface area contributed by atoms with Crippen LogP contribution in [0.3, 0.4) is 0 Å². The minimum Gasteiger partial charge on any atom is -0.369 e. The van der Waals surface area contributed by atoms with Crippen LogP contribution in [0.5, 0.6) is 0 Å². The highest BCUT2D eigenvalue weighted by atomic mass is 19.2. The van der Waals surface area contributed by atoms with E-state index in [0.29, 0.717) is 19.7 Å². The van der Waals surface area contributed by atoms with E-state index in [0.717, 1.165) is 29.3 Å². The molecule has 4 nitrogen and oxygen atoms in total. The fraction of sp³-hybridized carbons (Fsp3) is 0.412. The van der Waals surface area contributed by atoms with Crippen LogP contribution >= 0.6 is 0 Å². The lowest BCUT2D eigenvalue weighted by molar-refractivity contribution is -0.0351. The Morgan fingerprint density at radius 3 is 2.74 bits per heavy atom. The number of hydrogen-bond donors (Lipinski definition) is 0. The van der Waals surface area contributed by atoms with Crippen LogP contribution in [-0.2, 0) is 11.3 Å². The van der Waals surface area contributed by atoms with Gasteiger partial charge >= 0.3 is 0 Å². The van der Waals surface area contributed by atoms with Gasteiger partial charge in [0.25, 0.3) is 0 Å². The molecule has 0 radical (unpaired) electrons. The zero-order valence-corrected chi connectivity index (χ0v) is 13.2. The average Bonchev–Trinajstić information content (AvgIpc) is 2.50. The smallest absolute Gasteiger partial charge is 0.159 e. The normalized spacial score (nSPS) is 19.0. The summed E-state index contributed by atoms with van der Waals surface area (Å²) in [6.45, 7) is 6.34. The number of rotatable bonds is 3. The average molecular weight is 319 g/mol. The highest BCUT2D eigenvalue weighted by molar-refractivity contribution is 5.18.